The highest BCUT2D eigenvalue weighted by molar-refractivity contribution is 7.89. The highest BCUT2D eigenvalue weighted by Crippen LogP contribution is 2.19. The molecule has 4 nitrogen and oxygen atoms in total. The Morgan fingerprint density at radius 1 is 1.05 bits per heavy atom. The number of hydrogen-bond donors (Lipinski definition) is 2. The number of nitrogens with one attached hydrogen (secondary N) is 2. The van der Waals surface area contributed by atoms with Gasteiger partial charge < -0.3 is 5.32 Å². The van der Waals surface area contributed by atoms with Gasteiger partial charge in [0.15, 0.2) is 0 Å². The maximum atomic E-state index is 11.9. The Hall–Kier alpha value is -1.07. The summed E-state index contributed by atoms with van der Waals surface area (Å²) in [5.74, 6) is 0.691. The van der Waals surface area contributed by atoms with Gasteiger partial charge >= 0.3 is 0 Å². The van der Waals surface area contributed by atoms with E-state index in [0.717, 1.165) is 18.5 Å². The van der Waals surface area contributed by atoms with Crippen LogP contribution in [0.1, 0.15) is 47.0 Å². The number of hydrogen-bond acceptors (Lipinski definition) is 3. The quantitative estimate of drug-likeness (QED) is 0.732. The summed E-state index contributed by atoms with van der Waals surface area (Å²) in [6.07, 6.45) is 3.37. The van der Waals surface area contributed by atoms with Crippen LogP contribution in [0.15, 0.2) is 29.2 Å². The number of sulfonamides is 1. The molecule has 0 saturated carbocycles. The first-order chi connectivity index (χ1) is 9.92. The standard InChI is InChI=1S/C16H28N2O2S/c1-5-13(4)12-14(6-2)18-15-8-10-16(11-9-15)21(19,20)17-7-3/h8-11,13-14,17-18H,5-7,12H2,1-4H3. The smallest absolute Gasteiger partial charge is 0.240 e. The van der Waals surface area contributed by atoms with Gasteiger partial charge in [0.2, 0.25) is 10.0 Å². The molecule has 5 heteroatoms. The van der Waals surface area contributed by atoms with Crippen molar-refractivity contribution in [2.75, 3.05) is 11.9 Å². The van der Waals surface area contributed by atoms with E-state index in [4.69, 9.17) is 0 Å². The van der Waals surface area contributed by atoms with Gasteiger partial charge in [-0.3, -0.25) is 0 Å². The maximum Gasteiger partial charge on any atom is 0.240 e. The lowest BCUT2D eigenvalue weighted by molar-refractivity contribution is 0.462. The van der Waals surface area contributed by atoms with Gasteiger partial charge in [0.05, 0.1) is 4.90 Å². The van der Waals surface area contributed by atoms with Gasteiger partial charge in [-0.15, -0.1) is 0 Å². The highest BCUT2D eigenvalue weighted by Gasteiger charge is 2.13. The van der Waals surface area contributed by atoms with E-state index in [1.807, 2.05) is 12.1 Å². The van der Waals surface area contributed by atoms with E-state index >= 15 is 0 Å². The minimum atomic E-state index is -3.36. The lowest BCUT2D eigenvalue weighted by Gasteiger charge is -2.21. The van der Waals surface area contributed by atoms with Crippen LogP contribution in [-0.4, -0.2) is 21.0 Å². The predicted molar refractivity (Wildman–Crippen MR) is 89.1 cm³/mol. The third-order valence-electron chi connectivity index (χ3n) is 3.75. The molecule has 0 radical (unpaired) electrons. The van der Waals surface area contributed by atoms with Crippen molar-refractivity contribution in [3.8, 4) is 0 Å². The summed E-state index contributed by atoms with van der Waals surface area (Å²) in [7, 11) is -3.36. The molecule has 1 rings (SSSR count). The Labute approximate surface area is 129 Å². The fourth-order valence-electron chi connectivity index (χ4n) is 2.22. The average Bonchev–Trinajstić information content (AvgIpc) is 2.46. The first-order valence-corrected chi connectivity index (χ1v) is 9.27. The predicted octanol–water partition coefficient (Wildman–Crippen LogP) is 3.61. The SMILES string of the molecule is CCNS(=O)(=O)c1ccc(NC(CC)CC(C)CC)cc1. The van der Waals surface area contributed by atoms with Gasteiger partial charge in [-0.25, -0.2) is 13.1 Å². The second-order valence-electron chi connectivity index (χ2n) is 5.52. The van der Waals surface area contributed by atoms with E-state index < -0.39 is 10.0 Å². The Bertz CT molecular complexity index is 512. The van der Waals surface area contributed by atoms with Crippen molar-refractivity contribution in [1.82, 2.24) is 4.72 Å². The van der Waals surface area contributed by atoms with Crippen molar-refractivity contribution in [2.45, 2.75) is 57.9 Å². The van der Waals surface area contributed by atoms with E-state index in [2.05, 4.69) is 30.8 Å². The minimum Gasteiger partial charge on any atom is -0.382 e. The maximum absolute atomic E-state index is 11.9. The monoisotopic (exact) mass is 312 g/mol. The van der Waals surface area contributed by atoms with E-state index in [9.17, 15) is 8.42 Å². The zero-order valence-electron chi connectivity index (χ0n) is 13.5. The number of rotatable bonds is 9. The van der Waals surface area contributed by atoms with Crippen molar-refractivity contribution in [2.24, 2.45) is 5.92 Å². The van der Waals surface area contributed by atoms with Crippen LogP contribution in [-0.2, 0) is 10.0 Å². The highest BCUT2D eigenvalue weighted by atomic mass is 32.2. The molecule has 1 aromatic rings. The van der Waals surface area contributed by atoms with Crippen LogP contribution in [0, 0.1) is 5.92 Å². The first-order valence-electron chi connectivity index (χ1n) is 7.79. The van der Waals surface area contributed by atoms with Gasteiger partial charge in [-0.2, -0.15) is 0 Å². The molecule has 120 valence electrons. The molecule has 2 unspecified atom stereocenters. The summed E-state index contributed by atoms with van der Waals surface area (Å²) in [5, 5.41) is 3.49. The lowest BCUT2D eigenvalue weighted by atomic mass is 9.97. The number of benzene rings is 1. The summed E-state index contributed by atoms with van der Waals surface area (Å²) in [5.41, 5.74) is 0.973. The van der Waals surface area contributed by atoms with Crippen LogP contribution in [0.2, 0.25) is 0 Å². The van der Waals surface area contributed by atoms with Gasteiger partial charge in [0, 0.05) is 18.3 Å². The second-order valence-corrected chi connectivity index (χ2v) is 7.29. The van der Waals surface area contributed by atoms with E-state index in [-0.39, 0.29) is 0 Å². The Balaban J connectivity index is 2.74. The lowest BCUT2D eigenvalue weighted by Crippen LogP contribution is -2.23. The van der Waals surface area contributed by atoms with Crippen LogP contribution < -0.4 is 10.0 Å². The molecule has 0 aliphatic carbocycles. The van der Waals surface area contributed by atoms with Crippen LogP contribution in [0.4, 0.5) is 5.69 Å². The molecule has 0 amide bonds. The third-order valence-corrected chi connectivity index (χ3v) is 5.31. The topological polar surface area (TPSA) is 58.2 Å². The van der Waals surface area contributed by atoms with Crippen LogP contribution >= 0.6 is 0 Å². The molecule has 0 saturated heterocycles. The average molecular weight is 312 g/mol. The molecule has 0 aromatic heterocycles. The molecule has 0 aliphatic rings. The Morgan fingerprint density at radius 3 is 2.14 bits per heavy atom. The summed E-state index contributed by atoms with van der Waals surface area (Å²) < 4.78 is 26.2. The first kappa shape index (κ1) is 18.0. The number of anilines is 1. The largest absolute Gasteiger partial charge is 0.382 e. The molecular weight excluding hydrogens is 284 g/mol. The van der Waals surface area contributed by atoms with Crippen molar-refractivity contribution in [1.29, 1.82) is 0 Å². The summed E-state index contributed by atoms with van der Waals surface area (Å²) in [6, 6.07) is 7.40. The fourth-order valence-corrected chi connectivity index (χ4v) is 3.26. The van der Waals surface area contributed by atoms with E-state index in [1.54, 1.807) is 19.1 Å². The van der Waals surface area contributed by atoms with Crippen LogP contribution in [0.3, 0.4) is 0 Å². The molecule has 0 aliphatic heterocycles. The normalized spacial score (nSPS) is 14.7. The second kappa shape index (κ2) is 8.39. The molecular formula is C16H28N2O2S. The Kier molecular flexibility index (Phi) is 7.18. The van der Waals surface area contributed by atoms with Gasteiger partial charge in [-0.05, 0) is 43.0 Å². The molecule has 0 heterocycles. The molecule has 2 N–H and O–H groups in total. The van der Waals surface area contributed by atoms with Gasteiger partial charge in [0.1, 0.15) is 0 Å². The summed E-state index contributed by atoms with van der Waals surface area (Å²) in [6.45, 7) is 8.81. The molecule has 0 spiro atoms. The minimum absolute atomic E-state index is 0.310. The molecule has 21 heavy (non-hydrogen) atoms. The third kappa shape index (κ3) is 5.67. The summed E-state index contributed by atoms with van der Waals surface area (Å²) >= 11 is 0. The van der Waals surface area contributed by atoms with E-state index in [1.165, 1.54) is 6.42 Å². The molecule has 0 fully saturated rings. The van der Waals surface area contributed by atoms with Crippen molar-refractivity contribution in [3.63, 3.8) is 0 Å². The van der Waals surface area contributed by atoms with Crippen LogP contribution in [0.25, 0.3) is 0 Å². The van der Waals surface area contributed by atoms with Crippen molar-refractivity contribution >= 4 is 15.7 Å². The zero-order valence-corrected chi connectivity index (χ0v) is 14.3. The van der Waals surface area contributed by atoms with Crippen molar-refractivity contribution < 1.29 is 8.42 Å². The van der Waals surface area contributed by atoms with E-state index in [0.29, 0.717) is 23.4 Å². The molecule has 1 aromatic carbocycles. The molecule has 2 atom stereocenters. The van der Waals surface area contributed by atoms with Gasteiger partial charge in [0.25, 0.3) is 0 Å². The zero-order chi connectivity index (χ0) is 15.9. The summed E-state index contributed by atoms with van der Waals surface area (Å²) in [4.78, 5) is 0.310. The van der Waals surface area contributed by atoms with Gasteiger partial charge in [-0.1, -0.05) is 34.1 Å². The van der Waals surface area contributed by atoms with Crippen molar-refractivity contribution in [3.05, 3.63) is 24.3 Å². The fraction of sp³-hybridized carbons (Fsp3) is 0.625. The Morgan fingerprint density at radius 2 is 1.67 bits per heavy atom. The van der Waals surface area contributed by atoms with Crippen LogP contribution in [0.5, 0.6) is 0 Å². The molecule has 0 bridgehead atoms.